The van der Waals surface area contributed by atoms with Gasteiger partial charge in [-0.3, -0.25) is 14.5 Å². The van der Waals surface area contributed by atoms with Crippen molar-refractivity contribution in [3.63, 3.8) is 0 Å². The van der Waals surface area contributed by atoms with Gasteiger partial charge in [0, 0.05) is 28.5 Å². The van der Waals surface area contributed by atoms with Crippen LogP contribution < -0.4 is 5.32 Å². The largest absolute Gasteiger partial charge is 0.357 e. The van der Waals surface area contributed by atoms with Crippen LogP contribution in [-0.2, 0) is 11.2 Å². The van der Waals surface area contributed by atoms with Crippen LogP contribution in [0.2, 0.25) is 0 Å². The third-order valence-electron chi connectivity index (χ3n) is 5.33. The Hall–Kier alpha value is -3.22. The van der Waals surface area contributed by atoms with Crippen molar-refractivity contribution >= 4 is 28.5 Å². The molecule has 0 saturated carbocycles. The highest BCUT2D eigenvalue weighted by Gasteiger charge is 2.30. The molecule has 3 aromatic heterocycles. The summed E-state index contributed by atoms with van der Waals surface area (Å²) >= 11 is 0. The molecule has 3 heterocycles. The molecule has 0 spiro atoms. The molecule has 1 aromatic carbocycles. The van der Waals surface area contributed by atoms with Gasteiger partial charge in [-0.1, -0.05) is 11.6 Å². The lowest BCUT2D eigenvalue weighted by atomic mass is 9.86. The molecule has 1 aliphatic rings. The minimum Gasteiger partial charge on any atom is -0.357 e. The summed E-state index contributed by atoms with van der Waals surface area (Å²) in [4.78, 5) is 20.9. The van der Waals surface area contributed by atoms with E-state index in [9.17, 15) is 4.79 Å². The maximum absolute atomic E-state index is 13.0. The second kappa shape index (κ2) is 5.90. The van der Waals surface area contributed by atoms with Crippen molar-refractivity contribution in [3.8, 4) is 0 Å². The lowest BCUT2D eigenvalue weighted by Gasteiger charge is -2.21. The first-order valence-corrected chi connectivity index (χ1v) is 9.20. The monoisotopic (exact) mass is 360 g/mol. The molecule has 27 heavy (non-hydrogen) atoms. The number of aromatic nitrogens is 5. The maximum atomic E-state index is 13.0. The molecule has 7 heteroatoms. The van der Waals surface area contributed by atoms with Crippen LogP contribution in [0.15, 0.2) is 30.5 Å². The Bertz CT molecular complexity index is 1190. The second-order valence-electron chi connectivity index (χ2n) is 7.26. The molecule has 4 aromatic rings. The third kappa shape index (κ3) is 2.58. The lowest BCUT2D eigenvalue weighted by molar-refractivity contribution is -0.118. The number of rotatable bonds is 2. The normalized spacial score (nSPS) is 16.6. The molecule has 1 amide bonds. The minimum absolute atomic E-state index is 0.0610. The number of anilines is 1. The van der Waals surface area contributed by atoms with Gasteiger partial charge in [0.15, 0.2) is 0 Å². The molecular weight excluding hydrogens is 340 g/mol. The van der Waals surface area contributed by atoms with Gasteiger partial charge in [-0.15, -0.1) is 10.2 Å². The van der Waals surface area contributed by atoms with E-state index in [0.717, 1.165) is 36.2 Å². The molecular formula is C20H20N6O. The van der Waals surface area contributed by atoms with Gasteiger partial charge in [-0.2, -0.15) is 0 Å². The standard InChI is InChI=1S/C20H20N6O/c1-11-6-7-16-15(10-11)13-4-3-5-14(17(13)22-16)18(27)23-20-25-24-19-21-12(2)8-9-26(19)20/h6-10,14,22H,3-5H2,1-2H3,(H,23,25,27). The Balaban J connectivity index is 1.50. The zero-order chi connectivity index (χ0) is 18.5. The van der Waals surface area contributed by atoms with E-state index in [1.54, 1.807) is 4.40 Å². The van der Waals surface area contributed by atoms with Gasteiger partial charge in [-0.05, 0) is 56.9 Å². The van der Waals surface area contributed by atoms with E-state index in [1.165, 1.54) is 16.5 Å². The van der Waals surface area contributed by atoms with Crippen molar-refractivity contribution in [2.24, 2.45) is 0 Å². The van der Waals surface area contributed by atoms with Crippen molar-refractivity contribution < 1.29 is 4.79 Å². The fourth-order valence-electron chi connectivity index (χ4n) is 4.00. The molecule has 0 aliphatic heterocycles. The summed E-state index contributed by atoms with van der Waals surface area (Å²) in [5.41, 5.74) is 5.48. The number of amides is 1. The van der Waals surface area contributed by atoms with Crippen LogP contribution in [0.3, 0.4) is 0 Å². The summed E-state index contributed by atoms with van der Waals surface area (Å²) in [5.74, 6) is 0.610. The van der Waals surface area contributed by atoms with E-state index in [4.69, 9.17) is 0 Å². The van der Waals surface area contributed by atoms with Crippen molar-refractivity contribution in [1.29, 1.82) is 0 Å². The Morgan fingerprint density at radius 1 is 1.26 bits per heavy atom. The summed E-state index contributed by atoms with van der Waals surface area (Å²) in [6.07, 6.45) is 4.64. The van der Waals surface area contributed by atoms with E-state index in [-0.39, 0.29) is 11.8 Å². The second-order valence-corrected chi connectivity index (χ2v) is 7.26. The summed E-state index contributed by atoms with van der Waals surface area (Å²) in [5, 5.41) is 12.3. The highest BCUT2D eigenvalue weighted by Crippen LogP contribution is 2.37. The van der Waals surface area contributed by atoms with Crippen molar-refractivity contribution in [2.75, 3.05) is 5.32 Å². The Morgan fingerprint density at radius 2 is 2.15 bits per heavy atom. The van der Waals surface area contributed by atoms with E-state index in [0.29, 0.717) is 11.7 Å². The highest BCUT2D eigenvalue weighted by atomic mass is 16.2. The number of hydrogen-bond acceptors (Lipinski definition) is 4. The number of hydrogen-bond donors (Lipinski definition) is 2. The van der Waals surface area contributed by atoms with Gasteiger partial charge in [0.25, 0.3) is 5.78 Å². The van der Waals surface area contributed by atoms with Crippen molar-refractivity contribution in [2.45, 2.75) is 39.0 Å². The number of H-pyrrole nitrogens is 1. The average Bonchev–Trinajstić information content (AvgIpc) is 3.22. The Kier molecular flexibility index (Phi) is 3.50. The lowest BCUT2D eigenvalue weighted by Crippen LogP contribution is -2.25. The topological polar surface area (TPSA) is 88.0 Å². The summed E-state index contributed by atoms with van der Waals surface area (Å²) < 4.78 is 1.70. The Labute approximate surface area is 155 Å². The van der Waals surface area contributed by atoms with Crippen LogP contribution in [0.4, 0.5) is 5.95 Å². The highest BCUT2D eigenvalue weighted by molar-refractivity contribution is 5.97. The van der Waals surface area contributed by atoms with Crippen LogP contribution in [0, 0.1) is 13.8 Å². The minimum atomic E-state index is -0.216. The summed E-state index contributed by atoms with van der Waals surface area (Å²) in [6.45, 7) is 3.99. The van der Waals surface area contributed by atoms with Crippen molar-refractivity contribution in [3.05, 3.63) is 53.0 Å². The fraction of sp³-hybridized carbons (Fsp3) is 0.300. The van der Waals surface area contributed by atoms with Crippen LogP contribution >= 0.6 is 0 Å². The van der Waals surface area contributed by atoms with Crippen LogP contribution in [0.5, 0.6) is 0 Å². The average molecular weight is 360 g/mol. The van der Waals surface area contributed by atoms with E-state index in [2.05, 4.69) is 50.6 Å². The van der Waals surface area contributed by atoms with Gasteiger partial charge < -0.3 is 4.98 Å². The van der Waals surface area contributed by atoms with Crippen LogP contribution in [0.1, 0.15) is 41.3 Å². The van der Waals surface area contributed by atoms with E-state index < -0.39 is 0 Å². The number of carbonyl (C=O) groups excluding carboxylic acids is 1. The number of fused-ring (bicyclic) bond motifs is 4. The predicted molar refractivity (Wildman–Crippen MR) is 103 cm³/mol. The number of aryl methyl sites for hydroxylation is 3. The van der Waals surface area contributed by atoms with Crippen molar-refractivity contribution in [1.82, 2.24) is 24.6 Å². The first-order valence-electron chi connectivity index (χ1n) is 9.20. The fourth-order valence-corrected chi connectivity index (χ4v) is 4.00. The van der Waals surface area contributed by atoms with Gasteiger partial charge in [0.05, 0.1) is 5.92 Å². The summed E-state index contributed by atoms with van der Waals surface area (Å²) in [7, 11) is 0. The number of nitrogens with zero attached hydrogens (tertiary/aromatic N) is 4. The maximum Gasteiger partial charge on any atom is 0.256 e. The van der Waals surface area contributed by atoms with E-state index in [1.807, 2.05) is 19.2 Å². The smallest absolute Gasteiger partial charge is 0.256 e. The van der Waals surface area contributed by atoms with Gasteiger partial charge in [0.2, 0.25) is 11.9 Å². The van der Waals surface area contributed by atoms with Gasteiger partial charge in [0.1, 0.15) is 0 Å². The number of carbonyl (C=O) groups is 1. The van der Waals surface area contributed by atoms with Gasteiger partial charge >= 0.3 is 0 Å². The number of nitrogens with one attached hydrogen (secondary N) is 2. The van der Waals surface area contributed by atoms with Crippen LogP contribution in [-0.4, -0.2) is 30.5 Å². The Morgan fingerprint density at radius 3 is 3.04 bits per heavy atom. The molecule has 0 saturated heterocycles. The quantitative estimate of drug-likeness (QED) is 0.574. The molecule has 5 rings (SSSR count). The zero-order valence-corrected chi connectivity index (χ0v) is 15.3. The molecule has 136 valence electrons. The van der Waals surface area contributed by atoms with Crippen LogP contribution in [0.25, 0.3) is 16.7 Å². The van der Waals surface area contributed by atoms with Gasteiger partial charge in [-0.25, -0.2) is 4.98 Å². The molecule has 1 unspecified atom stereocenters. The molecule has 1 atom stereocenters. The SMILES string of the molecule is Cc1ccc2[nH]c3c(c2c1)CCCC3C(=O)Nc1nnc2nc(C)ccn12. The zero-order valence-electron chi connectivity index (χ0n) is 15.3. The first-order chi connectivity index (χ1) is 13.1. The molecule has 7 nitrogen and oxygen atoms in total. The molecule has 2 N–H and O–H groups in total. The predicted octanol–water partition coefficient (Wildman–Crippen LogP) is 3.28. The number of benzene rings is 1. The first kappa shape index (κ1) is 16.0. The molecule has 1 aliphatic carbocycles. The molecule has 0 bridgehead atoms. The number of aromatic amines is 1. The molecule has 0 radical (unpaired) electrons. The summed E-state index contributed by atoms with van der Waals surface area (Å²) in [6, 6.07) is 8.25. The third-order valence-corrected chi connectivity index (χ3v) is 5.33. The molecule has 0 fully saturated rings. The van der Waals surface area contributed by atoms with E-state index >= 15 is 0 Å².